The summed E-state index contributed by atoms with van der Waals surface area (Å²) in [5.74, 6) is 1.43. The Balaban J connectivity index is 0.000000810. The van der Waals surface area contributed by atoms with Crippen LogP contribution < -0.4 is 0 Å². The van der Waals surface area contributed by atoms with E-state index in [1.165, 1.54) is 5.92 Å². The van der Waals surface area contributed by atoms with E-state index < -0.39 is 0 Å². The molecule has 1 aliphatic rings. The molecule has 0 aliphatic carbocycles. The van der Waals surface area contributed by atoms with Crippen LogP contribution in [-0.2, 0) is 24.2 Å². The fourth-order valence-electron chi connectivity index (χ4n) is 1.05. The van der Waals surface area contributed by atoms with Gasteiger partial charge in [-0.1, -0.05) is 6.61 Å². The van der Waals surface area contributed by atoms with E-state index in [4.69, 9.17) is 4.74 Å². The summed E-state index contributed by atoms with van der Waals surface area (Å²) in [5, 5.41) is 0. The van der Waals surface area contributed by atoms with E-state index in [0.29, 0.717) is 0 Å². The molecule has 2 nitrogen and oxygen atoms in total. The predicted molar refractivity (Wildman–Crippen MR) is 37.2 cm³/mol. The number of likely N-dealkylation sites (N-methyl/N-ethyl adjacent to an activating group) is 1. The number of ether oxygens (including phenoxy) is 1. The maximum atomic E-state index is 5.30. The van der Waals surface area contributed by atoms with Gasteiger partial charge < -0.3 is 9.64 Å². The Morgan fingerprint density at radius 2 is 2.20 bits per heavy atom. The second-order valence-electron chi connectivity index (χ2n) is 2.75. The molecule has 0 aromatic rings. The summed E-state index contributed by atoms with van der Waals surface area (Å²) < 4.78 is 5.30. The molecule has 3 heteroatoms. The molecule has 63 valence electrons. The van der Waals surface area contributed by atoms with Crippen LogP contribution >= 0.6 is 0 Å². The average Bonchev–Trinajstić information content (AvgIpc) is 1.93. The standard InChI is InChI=1S/C7H14NO.Rh/c1-7-5-8(2)3-4-9-6-7;/h3-6H2,1-2H3;/q-1;. The first-order chi connectivity index (χ1) is 4.29. The van der Waals surface area contributed by atoms with E-state index in [-0.39, 0.29) is 19.5 Å². The molecule has 1 rings (SSSR count). The number of nitrogens with zero attached hydrogens (tertiary/aromatic N) is 1. The van der Waals surface area contributed by atoms with Crippen LogP contribution in [0.4, 0.5) is 0 Å². The molecule has 0 aromatic heterocycles. The smallest absolute Gasteiger partial charge is 0.0556 e. The van der Waals surface area contributed by atoms with Gasteiger partial charge in [0, 0.05) is 26.0 Å². The Hall–Kier alpha value is 0.543. The molecule has 10 heavy (non-hydrogen) atoms. The topological polar surface area (TPSA) is 12.5 Å². The van der Waals surface area contributed by atoms with Gasteiger partial charge in [0.15, 0.2) is 0 Å². The van der Waals surface area contributed by atoms with Crippen LogP contribution in [-0.4, -0.2) is 38.3 Å². The normalized spacial score (nSPS) is 23.4. The van der Waals surface area contributed by atoms with Crippen LogP contribution in [0, 0.1) is 5.92 Å². The van der Waals surface area contributed by atoms with E-state index in [2.05, 4.69) is 18.9 Å². The zero-order valence-corrected chi connectivity index (χ0v) is 8.16. The molecule has 1 radical (unpaired) electrons. The van der Waals surface area contributed by atoms with Gasteiger partial charge in [-0.15, -0.1) is 6.54 Å². The quantitative estimate of drug-likeness (QED) is 0.445. The zero-order valence-electron chi connectivity index (χ0n) is 6.52. The SMILES string of the molecule is C[C-]1COCCN(C)C1.[Rh]. The van der Waals surface area contributed by atoms with Crippen molar-refractivity contribution in [2.75, 3.05) is 33.4 Å². The number of rotatable bonds is 0. The van der Waals surface area contributed by atoms with Crippen molar-refractivity contribution in [3.8, 4) is 0 Å². The molecule has 0 amide bonds. The van der Waals surface area contributed by atoms with Crippen molar-refractivity contribution in [2.45, 2.75) is 6.92 Å². The first kappa shape index (κ1) is 10.5. The Labute approximate surface area is 75.7 Å². The maximum Gasteiger partial charge on any atom is 0.0556 e. The molecule has 0 bridgehead atoms. The first-order valence-corrected chi connectivity index (χ1v) is 3.36. The van der Waals surface area contributed by atoms with Crippen molar-refractivity contribution < 1.29 is 24.2 Å². The van der Waals surface area contributed by atoms with Crippen molar-refractivity contribution in [2.24, 2.45) is 0 Å². The molecular formula is C7H14NORh-. The van der Waals surface area contributed by atoms with Crippen molar-refractivity contribution >= 4 is 0 Å². The van der Waals surface area contributed by atoms with Crippen molar-refractivity contribution in [3.63, 3.8) is 0 Å². The van der Waals surface area contributed by atoms with Gasteiger partial charge in [-0.05, 0) is 7.05 Å². The molecular weight excluding hydrogens is 217 g/mol. The minimum absolute atomic E-state index is 0. The molecule has 0 atom stereocenters. The summed E-state index contributed by atoms with van der Waals surface area (Å²) in [5.41, 5.74) is 0. The minimum atomic E-state index is 0. The summed E-state index contributed by atoms with van der Waals surface area (Å²) >= 11 is 0. The Morgan fingerprint density at radius 3 is 2.90 bits per heavy atom. The van der Waals surface area contributed by atoms with Gasteiger partial charge in [0.05, 0.1) is 6.61 Å². The molecule has 1 heterocycles. The molecule has 1 aliphatic heterocycles. The maximum absolute atomic E-state index is 5.30. The van der Waals surface area contributed by atoms with Gasteiger partial charge in [-0.2, -0.15) is 6.92 Å². The zero-order chi connectivity index (χ0) is 6.69. The average molecular weight is 231 g/mol. The van der Waals surface area contributed by atoms with Gasteiger partial charge in [0.25, 0.3) is 0 Å². The summed E-state index contributed by atoms with van der Waals surface area (Å²) in [6.45, 7) is 6.04. The number of hydrogen-bond acceptors (Lipinski definition) is 2. The molecule has 1 fully saturated rings. The van der Waals surface area contributed by atoms with Crippen LogP contribution in [0.5, 0.6) is 0 Å². The largest absolute Gasteiger partial charge is 0.412 e. The first-order valence-electron chi connectivity index (χ1n) is 3.36. The monoisotopic (exact) mass is 231 g/mol. The summed E-state index contributed by atoms with van der Waals surface area (Å²) in [6.07, 6.45) is 0. The third-order valence-corrected chi connectivity index (χ3v) is 1.51. The Bertz CT molecular complexity index is 79.7. The molecule has 1 saturated heterocycles. The van der Waals surface area contributed by atoms with Gasteiger partial charge in [0.1, 0.15) is 0 Å². The van der Waals surface area contributed by atoms with E-state index in [1.807, 2.05) is 0 Å². The molecule has 0 saturated carbocycles. The van der Waals surface area contributed by atoms with Crippen LogP contribution in [0.1, 0.15) is 6.92 Å². The van der Waals surface area contributed by atoms with Crippen LogP contribution in [0.15, 0.2) is 0 Å². The summed E-state index contributed by atoms with van der Waals surface area (Å²) in [6, 6.07) is 0. The van der Waals surface area contributed by atoms with Crippen molar-refractivity contribution in [1.82, 2.24) is 4.90 Å². The van der Waals surface area contributed by atoms with E-state index in [9.17, 15) is 0 Å². The van der Waals surface area contributed by atoms with Gasteiger partial charge in [-0.3, -0.25) is 5.92 Å². The fourth-order valence-corrected chi connectivity index (χ4v) is 1.05. The van der Waals surface area contributed by atoms with Crippen molar-refractivity contribution in [3.05, 3.63) is 5.92 Å². The van der Waals surface area contributed by atoms with E-state index in [0.717, 1.165) is 26.3 Å². The van der Waals surface area contributed by atoms with E-state index in [1.54, 1.807) is 0 Å². The Morgan fingerprint density at radius 1 is 1.50 bits per heavy atom. The fraction of sp³-hybridized carbons (Fsp3) is 0.857. The predicted octanol–water partition coefficient (Wildman–Crippen LogP) is 0.540. The third kappa shape index (κ3) is 3.65. The van der Waals surface area contributed by atoms with Crippen molar-refractivity contribution in [1.29, 1.82) is 0 Å². The summed E-state index contributed by atoms with van der Waals surface area (Å²) in [4.78, 5) is 2.28. The summed E-state index contributed by atoms with van der Waals surface area (Å²) in [7, 11) is 2.12. The Kier molecular flexibility index (Phi) is 5.51. The van der Waals surface area contributed by atoms with Gasteiger partial charge in [-0.25, -0.2) is 0 Å². The van der Waals surface area contributed by atoms with Crippen LogP contribution in [0.25, 0.3) is 0 Å². The second kappa shape index (κ2) is 5.23. The van der Waals surface area contributed by atoms with Gasteiger partial charge >= 0.3 is 0 Å². The second-order valence-corrected chi connectivity index (χ2v) is 2.75. The molecule has 0 spiro atoms. The van der Waals surface area contributed by atoms with Crippen LogP contribution in [0.3, 0.4) is 0 Å². The number of hydrogen-bond donors (Lipinski definition) is 0. The van der Waals surface area contributed by atoms with Crippen LogP contribution in [0.2, 0.25) is 0 Å². The molecule has 0 N–H and O–H groups in total. The molecule has 0 aromatic carbocycles. The van der Waals surface area contributed by atoms with E-state index >= 15 is 0 Å². The van der Waals surface area contributed by atoms with Gasteiger partial charge in [0.2, 0.25) is 0 Å². The molecule has 0 unspecified atom stereocenters. The minimum Gasteiger partial charge on any atom is -0.412 e. The third-order valence-electron chi connectivity index (χ3n) is 1.51.